The van der Waals surface area contributed by atoms with Gasteiger partial charge in [0.15, 0.2) is 0 Å². The Hall–Kier alpha value is -1.64. The fourth-order valence-electron chi connectivity index (χ4n) is 1.72. The summed E-state index contributed by atoms with van der Waals surface area (Å²) in [7, 11) is 0. The molecule has 0 saturated carbocycles. The molecule has 1 aliphatic rings. The van der Waals surface area contributed by atoms with Crippen LogP contribution in [0.2, 0.25) is 0 Å². The highest BCUT2D eigenvalue weighted by molar-refractivity contribution is 6.45. The Bertz CT molecular complexity index is 421. The third-order valence-electron chi connectivity index (χ3n) is 2.62. The lowest BCUT2D eigenvalue weighted by Gasteiger charge is -2.30. The summed E-state index contributed by atoms with van der Waals surface area (Å²) in [6, 6.07) is 7.38. The predicted molar refractivity (Wildman–Crippen MR) is 53.1 cm³/mol. The molecule has 0 bridgehead atoms. The minimum absolute atomic E-state index is 0.379. The van der Waals surface area contributed by atoms with Crippen LogP contribution < -0.4 is 5.32 Å². The Kier molecular flexibility index (Phi) is 1.71. The predicted octanol–water partition coefficient (Wildman–Crippen LogP) is 1.49. The Labute approximate surface area is 82.1 Å². The lowest BCUT2D eigenvalue weighted by Crippen LogP contribution is -2.43. The molecule has 0 aliphatic carbocycles. The standard InChI is InChI=1S/C11H11NO2/c1-11(2)7-5-3-4-6-8(7)12-10(14)9(11)13/h3-6H,1-2H3,(H,12,14). The third kappa shape index (κ3) is 1.05. The van der Waals surface area contributed by atoms with Gasteiger partial charge in [0.1, 0.15) is 0 Å². The number of benzene rings is 1. The maximum Gasteiger partial charge on any atom is 0.292 e. The van der Waals surface area contributed by atoms with Gasteiger partial charge in [-0.3, -0.25) is 9.59 Å². The van der Waals surface area contributed by atoms with Crippen molar-refractivity contribution in [3.8, 4) is 0 Å². The zero-order valence-electron chi connectivity index (χ0n) is 8.13. The van der Waals surface area contributed by atoms with E-state index in [1.165, 1.54) is 0 Å². The van der Waals surface area contributed by atoms with Crippen LogP contribution in [0.1, 0.15) is 19.4 Å². The molecular formula is C11H11NO2. The van der Waals surface area contributed by atoms with Crippen LogP contribution in [0.5, 0.6) is 0 Å². The molecule has 0 unspecified atom stereocenters. The van der Waals surface area contributed by atoms with Gasteiger partial charge in [-0.15, -0.1) is 0 Å². The maximum atomic E-state index is 11.6. The van der Waals surface area contributed by atoms with Crippen LogP contribution in [0.4, 0.5) is 5.69 Å². The van der Waals surface area contributed by atoms with E-state index in [4.69, 9.17) is 0 Å². The summed E-state index contributed by atoms with van der Waals surface area (Å²) in [5.74, 6) is -0.898. The minimum Gasteiger partial charge on any atom is -0.319 e. The number of hydrogen-bond acceptors (Lipinski definition) is 2. The van der Waals surface area contributed by atoms with Crippen molar-refractivity contribution < 1.29 is 9.59 Å². The first-order valence-corrected chi connectivity index (χ1v) is 4.49. The van der Waals surface area contributed by atoms with Crippen molar-refractivity contribution in [3.63, 3.8) is 0 Å². The molecule has 1 N–H and O–H groups in total. The maximum absolute atomic E-state index is 11.6. The van der Waals surface area contributed by atoms with Crippen molar-refractivity contribution >= 4 is 17.4 Å². The van der Waals surface area contributed by atoms with E-state index in [-0.39, 0.29) is 5.78 Å². The molecule has 0 atom stereocenters. The highest BCUT2D eigenvalue weighted by Crippen LogP contribution is 2.34. The molecule has 0 aromatic heterocycles. The zero-order valence-corrected chi connectivity index (χ0v) is 8.13. The molecule has 1 heterocycles. The molecule has 1 amide bonds. The van der Waals surface area contributed by atoms with Crippen molar-refractivity contribution in [2.75, 3.05) is 5.32 Å². The molecular weight excluding hydrogens is 178 g/mol. The quantitative estimate of drug-likeness (QED) is 0.628. The van der Waals surface area contributed by atoms with Crippen molar-refractivity contribution in [3.05, 3.63) is 29.8 Å². The summed E-state index contributed by atoms with van der Waals surface area (Å²) in [5, 5.41) is 2.58. The number of ketones is 1. The van der Waals surface area contributed by atoms with Crippen LogP contribution in [-0.2, 0) is 15.0 Å². The van der Waals surface area contributed by atoms with Crippen molar-refractivity contribution in [1.29, 1.82) is 0 Å². The van der Waals surface area contributed by atoms with Gasteiger partial charge >= 0.3 is 0 Å². The lowest BCUT2D eigenvalue weighted by atomic mass is 9.77. The van der Waals surface area contributed by atoms with Gasteiger partial charge in [0.05, 0.1) is 5.41 Å². The Morgan fingerprint density at radius 2 is 1.79 bits per heavy atom. The molecule has 14 heavy (non-hydrogen) atoms. The van der Waals surface area contributed by atoms with Gasteiger partial charge in [0, 0.05) is 5.69 Å². The first kappa shape index (κ1) is 8.94. The van der Waals surface area contributed by atoms with Gasteiger partial charge in [0.25, 0.3) is 5.91 Å². The molecule has 1 aromatic rings. The second-order valence-electron chi connectivity index (χ2n) is 3.95. The van der Waals surface area contributed by atoms with Gasteiger partial charge in [-0.2, -0.15) is 0 Å². The molecule has 1 aliphatic heterocycles. The molecule has 3 nitrogen and oxygen atoms in total. The second-order valence-corrected chi connectivity index (χ2v) is 3.95. The molecule has 3 heteroatoms. The summed E-state index contributed by atoms with van der Waals surface area (Å²) >= 11 is 0. The van der Waals surface area contributed by atoms with E-state index in [0.717, 1.165) is 11.3 Å². The molecule has 2 rings (SSSR count). The van der Waals surface area contributed by atoms with Crippen LogP contribution in [0.3, 0.4) is 0 Å². The van der Waals surface area contributed by atoms with Gasteiger partial charge in [-0.1, -0.05) is 18.2 Å². The summed E-state index contributed by atoms with van der Waals surface area (Å²) in [6.07, 6.45) is 0. The van der Waals surface area contributed by atoms with Crippen molar-refractivity contribution in [1.82, 2.24) is 0 Å². The van der Waals surface area contributed by atoms with E-state index in [9.17, 15) is 9.59 Å². The Morgan fingerprint density at radius 1 is 1.14 bits per heavy atom. The fourth-order valence-corrected chi connectivity index (χ4v) is 1.72. The van der Waals surface area contributed by atoms with Crippen molar-refractivity contribution in [2.24, 2.45) is 0 Å². The summed E-state index contributed by atoms with van der Waals surface area (Å²) < 4.78 is 0. The molecule has 0 fully saturated rings. The first-order valence-electron chi connectivity index (χ1n) is 4.49. The van der Waals surface area contributed by atoms with E-state index in [0.29, 0.717) is 0 Å². The summed E-state index contributed by atoms with van der Waals surface area (Å²) in [6.45, 7) is 3.54. The minimum atomic E-state index is -0.709. The topological polar surface area (TPSA) is 46.2 Å². The first-order chi connectivity index (χ1) is 6.53. The highest BCUT2D eigenvalue weighted by Gasteiger charge is 2.40. The van der Waals surface area contributed by atoms with Gasteiger partial charge in [0.2, 0.25) is 5.78 Å². The number of carbonyl (C=O) groups excluding carboxylic acids is 2. The average Bonchev–Trinajstić information content (AvgIpc) is 2.15. The van der Waals surface area contributed by atoms with Crippen LogP contribution in [0, 0.1) is 0 Å². The number of amides is 1. The average molecular weight is 189 g/mol. The number of rotatable bonds is 0. The van der Waals surface area contributed by atoms with Crippen LogP contribution in [0.15, 0.2) is 24.3 Å². The lowest BCUT2D eigenvalue weighted by molar-refractivity contribution is -0.138. The number of Topliss-reactive ketones (excluding diaryl/α,β-unsaturated/α-hetero) is 1. The van der Waals surface area contributed by atoms with Gasteiger partial charge < -0.3 is 5.32 Å². The number of carbonyl (C=O) groups is 2. The molecule has 72 valence electrons. The van der Waals surface area contributed by atoms with Gasteiger partial charge in [-0.05, 0) is 25.5 Å². The monoisotopic (exact) mass is 189 g/mol. The fraction of sp³-hybridized carbons (Fsp3) is 0.273. The zero-order chi connectivity index (χ0) is 10.3. The number of para-hydroxylation sites is 1. The smallest absolute Gasteiger partial charge is 0.292 e. The van der Waals surface area contributed by atoms with E-state index >= 15 is 0 Å². The number of hydrogen-bond donors (Lipinski definition) is 1. The van der Waals surface area contributed by atoms with Crippen LogP contribution in [0.25, 0.3) is 0 Å². The van der Waals surface area contributed by atoms with E-state index in [1.54, 1.807) is 19.9 Å². The van der Waals surface area contributed by atoms with E-state index in [2.05, 4.69) is 5.32 Å². The SMILES string of the molecule is CC1(C)C(=O)C(=O)Nc2ccccc21. The number of anilines is 1. The second kappa shape index (κ2) is 2.67. The molecule has 0 radical (unpaired) electrons. The summed E-state index contributed by atoms with van der Waals surface area (Å²) in [5.41, 5.74) is 0.908. The van der Waals surface area contributed by atoms with Crippen LogP contribution >= 0.6 is 0 Å². The van der Waals surface area contributed by atoms with E-state index < -0.39 is 11.3 Å². The molecule has 0 saturated heterocycles. The van der Waals surface area contributed by atoms with E-state index in [1.807, 2.05) is 18.2 Å². The number of nitrogens with one attached hydrogen (secondary N) is 1. The largest absolute Gasteiger partial charge is 0.319 e. The van der Waals surface area contributed by atoms with Crippen LogP contribution in [-0.4, -0.2) is 11.7 Å². The van der Waals surface area contributed by atoms with Gasteiger partial charge in [-0.25, -0.2) is 0 Å². The Balaban J connectivity index is 2.65. The Morgan fingerprint density at radius 3 is 2.50 bits per heavy atom. The highest BCUT2D eigenvalue weighted by atomic mass is 16.2. The summed E-state index contributed by atoms with van der Waals surface area (Å²) in [4.78, 5) is 22.9. The van der Waals surface area contributed by atoms with Crippen molar-refractivity contribution in [2.45, 2.75) is 19.3 Å². The third-order valence-corrected chi connectivity index (χ3v) is 2.62. The normalized spacial score (nSPS) is 18.7. The molecule has 1 aromatic carbocycles. The number of fused-ring (bicyclic) bond motifs is 1. The molecule has 0 spiro atoms.